The molecule has 2 amide bonds. The molecule has 0 aliphatic carbocycles. The van der Waals surface area contributed by atoms with Crippen LogP contribution in [-0.4, -0.2) is 21.6 Å². The molecule has 2 aromatic heterocycles. The second-order valence-corrected chi connectivity index (χ2v) is 8.94. The molecule has 0 fully saturated rings. The standard InChI is InChI=1S/C24H21FN4O3S/c1-14(2)13-29-24(32)18-6-4-3-5-17(18)21(28-29)23(31)27-26-22(30)20-12-11-19(33-20)15-7-9-16(25)10-8-15/h3-12,14H,13H2,1-2H3,(H,26,30)(H,27,31). The SMILES string of the molecule is CC(C)Cn1nc(C(=O)NNC(=O)c2ccc(-c3ccc(F)cc3)s2)c2ccccc2c1=O. The Bertz CT molecular complexity index is 1390. The minimum absolute atomic E-state index is 0.0457. The van der Waals surface area contributed by atoms with E-state index in [1.165, 1.54) is 28.2 Å². The van der Waals surface area contributed by atoms with Gasteiger partial charge in [0, 0.05) is 16.8 Å². The molecule has 0 spiro atoms. The molecule has 0 unspecified atom stereocenters. The highest BCUT2D eigenvalue weighted by atomic mass is 32.1. The van der Waals surface area contributed by atoms with Gasteiger partial charge in [-0.15, -0.1) is 11.3 Å². The second kappa shape index (κ2) is 9.33. The fourth-order valence-corrected chi connectivity index (χ4v) is 4.24. The van der Waals surface area contributed by atoms with Crippen LogP contribution in [0, 0.1) is 11.7 Å². The molecule has 2 heterocycles. The van der Waals surface area contributed by atoms with Crippen LogP contribution in [0.15, 0.2) is 65.5 Å². The van der Waals surface area contributed by atoms with Gasteiger partial charge in [-0.1, -0.05) is 44.2 Å². The molecule has 2 N–H and O–H groups in total. The molecule has 0 saturated heterocycles. The molecular weight excluding hydrogens is 443 g/mol. The predicted octanol–water partition coefficient (Wildman–Crippen LogP) is 3.99. The lowest BCUT2D eigenvalue weighted by Crippen LogP contribution is -2.42. The van der Waals surface area contributed by atoms with Crippen molar-refractivity contribution in [3.05, 3.63) is 87.4 Å². The highest BCUT2D eigenvalue weighted by molar-refractivity contribution is 7.17. The number of nitrogens with one attached hydrogen (secondary N) is 2. The van der Waals surface area contributed by atoms with Gasteiger partial charge in [0.1, 0.15) is 5.82 Å². The van der Waals surface area contributed by atoms with Crippen LogP contribution < -0.4 is 16.4 Å². The van der Waals surface area contributed by atoms with Gasteiger partial charge >= 0.3 is 0 Å². The molecule has 168 valence electrons. The van der Waals surface area contributed by atoms with Gasteiger partial charge < -0.3 is 0 Å². The minimum atomic E-state index is -0.632. The summed E-state index contributed by atoms with van der Waals surface area (Å²) in [5.74, 6) is -1.31. The molecule has 4 rings (SSSR count). The van der Waals surface area contributed by atoms with Crippen LogP contribution in [0.2, 0.25) is 0 Å². The third-order valence-corrected chi connectivity index (χ3v) is 6.00. The zero-order chi connectivity index (χ0) is 23.5. The number of thiophene rings is 1. The molecule has 0 saturated carbocycles. The zero-order valence-corrected chi connectivity index (χ0v) is 18.8. The van der Waals surface area contributed by atoms with E-state index >= 15 is 0 Å². The van der Waals surface area contributed by atoms with Crippen molar-refractivity contribution in [1.29, 1.82) is 0 Å². The van der Waals surface area contributed by atoms with Crippen LogP contribution in [-0.2, 0) is 6.54 Å². The molecule has 0 aliphatic heterocycles. The van der Waals surface area contributed by atoms with Gasteiger partial charge in [0.15, 0.2) is 5.69 Å². The van der Waals surface area contributed by atoms with Crippen LogP contribution in [0.3, 0.4) is 0 Å². The Balaban J connectivity index is 1.53. The van der Waals surface area contributed by atoms with Crippen LogP contribution in [0.4, 0.5) is 4.39 Å². The van der Waals surface area contributed by atoms with Crippen molar-refractivity contribution in [2.24, 2.45) is 5.92 Å². The number of aromatic nitrogens is 2. The van der Waals surface area contributed by atoms with Crippen molar-refractivity contribution in [3.8, 4) is 10.4 Å². The van der Waals surface area contributed by atoms with Crippen molar-refractivity contribution in [1.82, 2.24) is 20.6 Å². The molecular formula is C24H21FN4O3S. The number of halogens is 1. The molecule has 4 aromatic rings. The van der Waals surface area contributed by atoms with Crippen molar-refractivity contribution in [2.45, 2.75) is 20.4 Å². The quantitative estimate of drug-likeness (QED) is 0.437. The molecule has 9 heteroatoms. The lowest BCUT2D eigenvalue weighted by atomic mass is 10.1. The first-order valence-corrected chi connectivity index (χ1v) is 11.1. The Kier molecular flexibility index (Phi) is 6.32. The Hall–Kier alpha value is -3.85. The number of rotatable bonds is 5. The van der Waals surface area contributed by atoms with E-state index in [-0.39, 0.29) is 23.0 Å². The summed E-state index contributed by atoms with van der Waals surface area (Å²) in [5, 5.41) is 5.04. The van der Waals surface area contributed by atoms with E-state index in [0.717, 1.165) is 10.4 Å². The number of hydrazine groups is 1. The largest absolute Gasteiger partial charge is 0.290 e. The van der Waals surface area contributed by atoms with E-state index in [4.69, 9.17) is 0 Å². The highest BCUT2D eigenvalue weighted by Gasteiger charge is 2.18. The van der Waals surface area contributed by atoms with Gasteiger partial charge in [-0.3, -0.25) is 25.2 Å². The normalized spacial score (nSPS) is 11.0. The lowest BCUT2D eigenvalue weighted by molar-refractivity contribution is 0.0845. The van der Waals surface area contributed by atoms with Crippen LogP contribution >= 0.6 is 11.3 Å². The molecule has 0 atom stereocenters. The first-order chi connectivity index (χ1) is 15.8. The van der Waals surface area contributed by atoms with E-state index in [2.05, 4.69) is 16.0 Å². The maximum absolute atomic E-state index is 13.1. The Morgan fingerprint density at radius 2 is 1.64 bits per heavy atom. The topological polar surface area (TPSA) is 93.1 Å². The van der Waals surface area contributed by atoms with Gasteiger partial charge in [0.25, 0.3) is 17.4 Å². The number of carbonyl (C=O) groups is 2. The number of fused-ring (bicyclic) bond motifs is 1. The first kappa shape index (κ1) is 22.3. The molecule has 0 bridgehead atoms. The third-order valence-electron chi connectivity index (χ3n) is 4.87. The third kappa shape index (κ3) is 4.83. The average Bonchev–Trinajstić information content (AvgIpc) is 3.30. The molecule has 33 heavy (non-hydrogen) atoms. The summed E-state index contributed by atoms with van der Waals surface area (Å²) in [6.07, 6.45) is 0. The van der Waals surface area contributed by atoms with Gasteiger partial charge in [-0.25, -0.2) is 9.07 Å². The van der Waals surface area contributed by atoms with Crippen molar-refractivity contribution in [3.63, 3.8) is 0 Å². The van der Waals surface area contributed by atoms with Gasteiger partial charge in [-0.2, -0.15) is 5.10 Å². The van der Waals surface area contributed by atoms with Crippen molar-refractivity contribution >= 4 is 33.9 Å². The van der Waals surface area contributed by atoms with Crippen LogP contribution in [0.5, 0.6) is 0 Å². The summed E-state index contributed by atoms with van der Waals surface area (Å²) in [5.41, 5.74) is 5.34. The van der Waals surface area contributed by atoms with E-state index in [9.17, 15) is 18.8 Å². The smallest absolute Gasteiger partial charge is 0.267 e. The fraction of sp³-hybridized carbons (Fsp3) is 0.167. The monoisotopic (exact) mass is 464 g/mol. The summed E-state index contributed by atoms with van der Waals surface area (Å²) in [6.45, 7) is 4.26. The summed E-state index contributed by atoms with van der Waals surface area (Å²) in [6, 6.07) is 16.1. The number of nitrogens with zero attached hydrogens (tertiary/aromatic N) is 2. The maximum Gasteiger partial charge on any atom is 0.290 e. The highest BCUT2D eigenvalue weighted by Crippen LogP contribution is 2.28. The van der Waals surface area contributed by atoms with Crippen LogP contribution in [0.25, 0.3) is 21.2 Å². The average molecular weight is 465 g/mol. The van der Waals surface area contributed by atoms with Gasteiger partial charge in [0.2, 0.25) is 0 Å². The Morgan fingerprint density at radius 1 is 0.970 bits per heavy atom. The fourth-order valence-electron chi connectivity index (χ4n) is 3.34. The predicted molar refractivity (Wildman–Crippen MR) is 125 cm³/mol. The number of amides is 2. The minimum Gasteiger partial charge on any atom is -0.267 e. The van der Waals surface area contributed by atoms with E-state index in [1.807, 2.05) is 13.8 Å². The van der Waals surface area contributed by atoms with E-state index in [1.54, 1.807) is 48.5 Å². The van der Waals surface area contributed by atoms with Crippen LogP contribution in [0.1, 0.15) is 34.0 Å². The van der Waals surface area contributed by atoms with Crippen molar-refractivity contribution < 1.29 is 14.0 Å². The summed E-state index contributed by atoms with van der Waals surface area (Å²) < 4.78 is 14.4. The number of hydrogen-bond acceptors (Lipinski definition) is 5. The van der Waals surface area contributed by atoms with E-state index < -0.39 is 11.8 Å². The summed E-state index contributed by atoms with van der Waals surface area (Å²) >= 11 is 1.21. The van der Waals surface area contributed by atoms with Gasteiger partial charge in [0.05, 0.1) is 10.3 Å². The summed E-state index contributed by atoms with van der Waals surface area (Å²) in [4.78, 5) is 39.3. The first-order valence-electron chi connectivity index (χ1n) is 10.3. The Labute approximate surface area is 192 Å². The van der Waals surface area contributed by atoms with E-state index in [0.29, 0.717) is 22.2 Å². The number of hydrogen-bond donors (Lipinski definition) is 2. The second-order valence-electron chi connectivity index (χ2n) is 7.85. The molecule has 7 nitrogen and oxygen atoms in total. The number of benzene rings is 2. The Morgan fingerprint density at radius 3 is 2.33 bits per heavy atom. The zero-order valence-electron chi connectivity index (χ0n) is 18.0. The van der Waals surface area contributed by atoms with Crippen molar-refractivity contribution in [2.75, 3.05) is 0 Å². The molecule has 0 radical (unpaired) electrons. The van der Waals surface area contributed by atoms with Gasteiger partial charge in [-0.05, 0) is 41.8 Å². The summed E-state index contributed by atoms with van der Waals surface area (Å²) in [7, 11) is 0. The lowest BCUT2D eigenvalue weighted by Gasteiger charge is -2.13. The number of carbonyl (C=O) groups excluding carboxylic acids is 2. The molecule has 2 aromatic carbocycles. The maximum atomic E-state index is 13.1. The molecule has 0 aliphatic rings.